The molecule has 0 aliphatic carbocycles. The SMILES string of the molecule is CCC(C)NC(=S)NC(=O)c1sc2ccccc2c1Cl. The third kappa shape index (κ3) is 3.29. The summed E-state index contributed by atoms with van der Waals surface area (Å²) in [5, 5.41) is 7.42. The van der Waals surface area contributed by atoms with Gasteiger partial charge in [0.2, 0.25) is 0 Å². The van der Waals surface area contributed by atoms with Crippen molar-refractivity contribution >= 4 is 56.3 Å². The van der Waals surface area contributed by atoms with Gasteiger partial charge in [-0.2, -0.15) is 0 Å². The number of thiocarbonyl (C=S) groups is 1. The summed E-state index contributed by atoms with van der Waals surface area (Å²) in [6.45, 7) is 4.05. The second-order valence-electron chi connectivity index (χ2n) is 4.48. The van der Waals surface area contributed by atoms with Gasteiger partial charge in [-0.3, -0.25) is 10.1 Å². The Bertz CT molecular complexity index is 654. The smallest absolute Gasteiger partial charge is 0.269 e. The van der Waals surface area contributed by atoms with Gasteiger partial charge in [-0.15, -0.1) is 11.3 Å². The van der Waals surface area contributed by atoms with Crippen LogP contribution in [0.5, 0.6) is 0 Å². The highest BCUT2D eigenvalue weighted by Crippen LogP contribution is 2.34. The van der Waals surface area contributed by atoms with Gasteiger partial charge in [0, 0.05) is 16.1 Å². The minimum Gasteiger partial charge on any atom is -0.360 e. The van der Waals surface area contributed by atoms with E-state index in [1.807, 2.05) is 38.1 Å². The van der Waals surface area contributed by atoms with Crippen molar-refractivity contribution < 1.29 is 4.79 Å². The van der Waals surface area contributed by atoms with Crippen molar-refractivity contribution in [2.75, 3.05) is 0 Å². The fourth-order valence-electron chi connectivity index (χ4n) is 1.68. The van der Waals surface area contributed by atoms with Gasteiger partial charge >= 0.3 is 0 Å². The Labute approximate surface area is 132 Å². The van der Waals surface area contributed by atoms with Gasteiger partial charge in [-0.1, -0.05) is 36.7 Å². The van der Waals surface area contributed by atoms with E-state index in [1.54, 1.807) is 0 Å². The van der Waals surface area contributed by atoms with Crippen molar-refractivity contribution in [3.8, 4) is 0 Å². The van der Waals surface area contributed by atoms with Crippen LogP contribution >= 0.6 is 35.2 Å². The van der Waals surface area contributed by atoms with Crippen LogP contribution in [0.3, 0.4) is 0 Å². The van der Waals surface area contributed by atoms with Crippen molar-refractivity contribution in [2.45, 2.75) is 26.3 Å². The minimum atomic E-state index is -0.267. The molecule has 1 aromatic carbocycles. The average molecular weight is 327 g/mol. The molecule has 2 aromatic rings. The highest BCUT2D eigenvalue weighted by atomic mass is 35.5. The molecule has 0 bridgehead atoms. The maximum Gasteiger partial charge on any atom is 0.269 e. The van der Waals surface area contributed by atoms with Gasteiger partial charge < -0.3 is 5.32 Å². The average Bonchev–Trinajstić information content (AvgIpc) is 2.76. The Morgan fingerprint density at radius 2 is 2.15 bits per heavy atom. The van der Waals surface area contributed by atoms with Gasteiger partial charge in [0.15, 0.2) is 5.11 Å². The summed E-state index contributed by atoms with van der Waals surface area (Å²) in [6.07, 6.45) is 0.930. The van der Waals surface area contributed by atoms with Crippen LogP contribution in [0.4, 0.5) is 0 Å². The molecule has 6 heteroatoms. The number of halogens is 1. The van der Waals surface area contributed by atoms with Crippen LogP contribution in [0.15, 0.2) is 24.3 Å². The highest BCUT2D eigenvalue weighted by molar-refractivity contribution is 7.80. The number of hydrogen-bond donors (Lipinski definition) is 2. The molecule has 1 heterocycles. The van der Waals surface area contributed by atoms with Gasteiger partial charge in [0.1, 0.15) is 4.88 Å². The lowest BCUT2D eigenvalue weighted by atomic mass is 10.2. The highest BCUT2D eigenvalue weighted by Gasteiger charge is 2.17. The molecular weight excluding hydrogens is 312 g/mol. The van der Waals surface area contributed by atoms with E-state index in [1.165, 1.54) is 11.3 Å². The first-order valence-corrected chi connectivity index (χ1v) is 7.92. The number of amides is 1. The molecule has 3 nitrogen and oxygen atoms in total. The quantitative estimate of drug-likeness (QED) is 0.839. The van der Waals surface area contributed by atoms with Gasteiger partial charge in [-0.25, -0.2) is 0 Å². The molecule has 0 fully saturated rings. The van der Waals surface area contributed by atoms with Crippen LogP contribution in [0.25, 0.3) is 10.1 Å². The van der Waals surface area contributed by atoms with Crippen molar-refractivity contribution in [1.29, 1.82) is 0 Å². The monoisotopic (exact) mass is 326 g/mol. The Kier molecular flexibility index (Phi) is 4.96. The van der Waals surface area contributed by atoms with Crippen LogP contribution < -0.4 is 10.6 Å². The Morgan fingerprint density at radius 1 is 1.45 bits per heavy atom. The summed E-state index contributed by atoms with van der Waals surface area (Å²) < 4.78 is 0.989. The zero-order valence-electron chi connectivity index (χ0n) is 11.2. The molecule has 2 rings (SSSR count). The van der Waals surface area contributed by atoms with E-state index in [0.717, 1.165) is 16.5 Å². The molecule has 1 atom stereocenters. The molecule has 0 aliphatic rings. The molecule has 0 spiro atoms. The standard InChI is InChI=1S/C14H15ClN2OS2/c1-3-8(2)16-14(19)17-13(18)12-11(15)9-6-4-5-7-10(9)20-12/h4-8H,3H2,1-2H3,(H2,16,17,18,19). The summed E-state index contributed by atoms with van der Waals surface area (Å²) in [5.41, 5.74) is 0. The van der Waals surface area contributed by atoms with Crippen LogP contribution in [0.2, 0.25) is 5.02 Å². The van der Waals surface area contributed by atoms with Crippen LogP contribution in [-0.2, 0) is 0 Å². The normalized spacial score (nSPS) is 12.2. The maximum absolute atomic E-state index is 12.2. The predicted octanol–water partition coefficient (Wildman–Crippen LogP) is 3.96. The number of carbonyl (C=O) groups is 1. The van der Waals surface area contributed by atoms with Crippen LogP contribution in [0, 0.1) is 0 Å². The third-order valence-corrected chi connectivity index (χ3v) is 4.85. The lowest BCUT2D eigenvalue weighted by Crippen LogP contribution is -2.42. The fourth-order valence-corrected chi connectivity index (χ4v) is 3.39. The van der Waals surface area contributed by atoms with E-state index < -0.39 is 0 Å². The zero-order chi connectivity index (χ0) is 14.7. The van der Waals surface area contributed by atoms with Gasteiger partial charge in [0.05, 0.1) is 5.02 Å². The lowest BCUT2D eigenvalue weighted by Gasteiger charge is -2.14. The number of hydrogen-bond acceptors (Lipinski definition) is 3. The second kappa shape index (κ2) is 6.52. The number of rotatable bonds is 3. The summed E-state index contributed by atoms with van der Waals surface area (Å²) in [7, 11) is 0. The number of thiophene rings is 1. The largest absolute Gasteiger partial charge is 0.360 e. The van der Waals surface area contributed by atoms with Crippen molar-refractivity contribution in [2.24, 2.45) is 0 Å². The van der Waals surface area contributed by atoms with Crippen molar-refractivity contribution in [1.82, 2.24) is 10.6 Å². The summed E-state index contributed by atoms with van der Waals surface area (Å²) in [6, 6.07) is 7.89. The molecule has 2 N–H and O–H groups in total. The Hall–Kier alpha value is -1.17. The molecule has 106 valence electrons. The molecule has 1 amide bonds. The second-order valence-corrected chi connectivity index (χ2v) is 6.32. The van der Waals surface area contributed by atoms with E-state index in [2.05, 4.69) is 10.6 Å². The first-order valence-electron chi connectivity index (χ1n) is 6.31. The first-order chi connectivity index (χ1) is 9.52. The molecular formula is C14H15ClN2OS2. The summed E-state index contributed by atoms with van der Waals surface area (Å²) >= 11 is 12.7. The van der Waals surface area contributed by atoms with Crippen molar-refractivity contribution in [3.63, 3.8) is 0 Å². The molecule has 0 aliphatic heterocycles. The Balaban J connectivity index is 2.15. The van der Waals surface area contributed by atoms with Gasteiger partial charge in [-0.05, 0) is 31.6 Å². The molecule has 20 heavy (non-hydrogen) atoms. The topological polar surface area (TPSA) is 41.1 Å². The number of benzene rings is 1. The summed E-state index contributed by atoms with van der Waals surface area (Å²) in [5.74, 6) is -0.267. The minimum absolute atomic E-state index is 0.223. The number of nitrogens with one attached hydrogen (secondary N) is 2. The maximum atomic E-state index is 12.2. The number of fused-ring (bicyclic) bond motifs is 1. The summed E-state index contributed by atoms with van der Waals surface area (Å²) in [4.78, 5) is 12.7. The lowest BCUT2D eigenvalue weighted by molar-refractivity contribution is 0.0980. The van der Waals surface area contributed by atoms with E-state index in [0.29, 0.717) is 15.0 Å². The third-order valence-electron chi connectivity index (χ3n) is 2.96. The van der Waals surface area contributed by atoms with Crippen molar-refractivity contribution in [3.05, 3.63) is 34.2 Å². The zero-order valence-corrected chi connectivity index (χ0v) is 13.6. The molecule has 1 unspecified atom stereocenters. The molecule has 0 saturated heterocycles. The van der Waals surface area contributed by atoms with E-state index in [9.17, 15) is 4.79 Å². The van der Waals surface area contributed by atoms with Gasteiger partial charge in [0.25, 0.3) is 5.91 Å². The van der Waals surface area contributed by atoms with E-state index in [4.69, 9.17) is 23.8 Å². The van der Waals surface area contributed by atoms with Crippen LogP contribution in [-0.4, -0.2) is 17.1 Å². The molecule has 0 radical (unpaired) electrons. The van der Waals surface area contributed by atoms with E-state index >= 15 is 0 Å². The predicted molar refractivity (Wildman–Crippen MR) is 89.8 cm³/mol. The number of carbonyl (C=O) groups excluding carboxylic acids is 1. The fraction of sp³-hybridized carbons (Fsp3) is 0.286. The molecule has 0 saturated carbocycles. The molecule has 1 aromatic heterocycles. The van der Waals surface area contributed by atoms with Crippen LogP contribution in [0.1, 0.15) is 29.9 Å². The first kappa shape index (κ1) is 15.2. The van der Waals surface area contributed by atoms with E-state index in [-0.39, 0.29) is 11.9 Å². The Morgan fingerprint density at radius 3 is 2.80 bits per heavy atom.